The number of aromatic carboxylic acids is 1. The Morgan fingerprint density at radius 1 is 1.58 bits per heavy atom. The highest BCUT2D eigenvalue weighted by Gasteiger charge is 2.41. The Balaban J connectivity index is 1.80. The largest absolute Gasteiger partial charge is 0.475 e. The average molecular weight is 267 g/mol. The zero-order valence-electron chi connectivity index (χ0n) is 11.5. The van der Waals surface area contributed by atoms with Crippen LogP contribution in [-0.2, 0) is 11.3 Å². The van der Waals surface area contributed by atoms with Crippen LogP contribution in [0.15, 0.2) is 10.5 Å². The van der Waals surface area contributed by atoms with Gasteiger partial charge in [0, 0.05) is 25.8 Å². The molecule has 0 amide bonds. The molecule has 1 fully saturated rings. The summed E-state index contributed by atoms with van der Waals surface area (Å²) < 4.78 is 10.4. The lowest BCUT2D eigenvalue weighted by Gasteiger charge is -2.14. The van der Waals surface area contributed by atoms with Crippen molar-refractivity contribution in [2.75, 3.05) is 20.3 Å². The maximum atomic E-state index is 10.9. The summed E-state index contributed by atoms with van der Waals surface area (Å²) in [5.41, 5.74) is 1.05. The molecular formula is C14H21NO4. The molecule has 5 nitrogen and oxygen atoms in total. The van der Waals surface area contributed by atoms with E-state index in [-0.39, 0.29) is 5.76 Å². The van der Waals surface area contributed by atoms with E-state index in [1.54, 1.807) is 20.1 Å². The summed E-state index contributed by atoms with van der Waals surface area (Å²) in [5, 5.41) is 12.3. The Morgan fingerprint density at radius 3 is 2.84 bits per heavy atom. The van der Waals surface area contributed by atoms with Crippen molar-refractivity contribution in [3.63, 3.8) is 0 Å². The van der Waals surface area contributed by atoms with E-state index >= 15 is 0 Å². The van der Waals surface area contributed by atoms with Crippen LogP contribution < -0.4 is 5.32 Å². The van der Waals surface area contributed by atoms with Gasteiger partial charge in [0.05, 0.1) is 6.54 Å². The van der Waals surface area contributed by atoms with E-state index in [9.17, 15) is 4.79 Å². The van der Waals surface area contributed by atoms with E-state index in [2.05, 4.69) is 5.32 Å². The van der Waals surface area contributed by atoms with E-state index in [4.69, 9.17) is 14.3 Å². The van der Waals surface area contributed by atoms with E-state index in [0.717, 1.165) is 19.6 Å². The summed E-state index contributed by atoms with van der Waals surface area (Å²) in [4.78, 5) is 10.9. The van der Waals surface area contributed by atoms with Gasteiger partial charge in [-0.1, -0.05) is 0 Å². The fourth-order valence-corrected chi connectivity index (χ4v) is 2.31. The van der Waals surface area contributed by atoms with Gasteiger partial charge in [-0.3, -0.25) is 0 Å². The van der Waals surface area contributed by atoms with Gasteiger partial charge in [0.1, 0.15) is 5.76 Å². The summed E-state index contributed by atoms with van der Waals surface area (Å²) in [5.74, 6) is -0.294. The Kier molecular flexibility index (Phi) is 4.27. The monoisotopic (exact) mass is 267 g/mol. The van der Waals surface area contributed by atoms with Gasteiger partial charge >= 0.3 is 5.97 Å². The van der Waals surface area contributed by atoms with Gasteiger partial charge in [0.2, 0.25) is 5.76 Å². The molecule has 0 atom stereocenters. The minimum atomic E-state index is -1.01. The molecule has 1 heterocycles. The Bertz CT molecular complexity index is 448. The molecule has 1 saturated carbocycles. The first-order valence-corrected chi connectivity index (χ1v) is 6.59. The summed E-state index contributed by atoms with van der Waals surface area (Å²) in [6.45, 7) is 4.05. The van der Waals surface area contributed by atoms with Gasteiger partial charge < -0.3 is 19.6 Å². The molecule has 19 heavy (non-hydrogen) atoms. The van der Waals surface area contributed by atoms with Crippen LogP contribution in [-0.4, -0.2) is 31.3 Å². The molecule has 1 aromatic rings. The summed E-state index contributed by atoms with van der Waals surface area (Å²) in [6.07, 6.45) is 3.55. The second-order valence-electron chi connectivity index (χ2n) is 5.38. The van der Waals surface area contributed by atoms with Gasteiger partial charge in [-0.2, -0.15) is 0 Å². The second-order valence-corrected chi connectivity index (χ2v) is 5.38. The van der Waals surface area contributed by atoms with Crippen LogP contribution in [0.2, 0.25) is 0 Å². The van der Waals surface area contributed by atoms with Crippen molar-refractivity contribution in [1.82, 2.24) is 5.32 Å². The lowest BCUT2D eigenvalue weighted by atomic mass is 10.0. The van der Waals surface area contributed by atoms with Crippen LogP contribution in [0, 0.1) is 12.3 Å². The number of hydrogen-bond donors (Lipinski definition) is 2. The Labute approximate surface area is 112 Å². The molecule has 5 heteroatoms. The standard InChI is InChI=1S/C14H21NO4/c1-10-7-11(19-12(10)13(16)17)8-15-9-14(3-4-14)5-6-18-2/h7,15H,3-6,8-9H2,1-2H3,(H,16,17). The number of carboxylic acids is 1. The summed E-state index contributed by atoms with van der Waals surface area (Å²) in [7, 11) is 1.72. The van der Waals surface area contributed by atoms with Gasteiger partial charge in [-0.05, 0) is 37.7 Å². The lowest BCUT2D eigenvalue weighted by Crippen LogP contribution is -2.24. The quantitative estimate of drug-likeness (QED) is 0.755. The number of aryl methyl sites for hydroxylation is 1. The highest BCUT2D eigenvalue weighted by molar-refractivity contribution is 5.86. The SMILES string of the molecule is COCCC1(CNCc2cc(C)c(C(=O)O)o2)CC1. The maximum absolute atomic E-state index is 10.9. The fraction of sp³-hybridized carbons (Fsp3) is 0.643. The zero-order valence-corrected chi connectivity index (χ0v) is 11.5. The van der Waals surface area contributed by atoms with E-state index in [0.29, 0.717) is 23.3 Å². The third-order valence-corrected chi connectivity index (χ3v) is 3.76. The third-order valence-electron chi connectivity index (χ3n) is 3.76. The molecule has 1 aromatic heterocycles. The molecular weight excluding hydrogens is 246 g/mol. The first-order chi connectivity index (χ1) is 9.06. The van der Waals surface area contributed by atoms with Crippen LogP contribution in [0.5, 0.6) is 0 Å². The molecule has 0 aliphatic heterocycles. The molecule has 1 aliphatic carbocycles. The van der Waals surface area contributed by atoms with Crippen molar-refractivity contribution in [2.24, 2.45) is 5.41 Å². The lowest BCUT2D eigenvalue weighted by molar-refractivity contribution is 0.0659. The molecule has 0 saturated heterocycles. The minimum Gasteiger partial charge on any atom is -0.475 e. The first kappa shape index (κ1) is 14.1. The van der Waals surface area contributed by atoms with Crippen LogP contribution in [0.25, 0.3) is 0 Å². The normalized spacial score (nSPS) is 16.5. The molecule has 0 aromatic carbocycles. The van der Waals surface area contributed by atoms with Crippen molar-refractivity contribution in [2.45, 2.75) is 32.7 Å². The molecule has 0 bridgehead atoms. The zero-order chi connectivity index (χ0) is 13.9. The highest BCUT2D eigenvalue weighted by Crippen LogP contribution is 2.48. The third kappa shape index (κ3) is 3.58. The van der Waals surface area contributed by atoms with Gasteiger partial charge in [-0.15, -0.1) is 0 Å². The summed E-state index contributed by atoms with van der Waals surface area (Å²) >= 11 is 0. The van der Waals surface area contributed by atoms with Gasteiger partial charge in [-0.25, -0.2) is 4.79 Å². The molecule has 0 unspecified atom stereocenters. The van der Waals surface area contributed by atoms with Crippen molar-refractivity contribution >= 4 is 5.97 Å². The predicted molar refractivity (Wildman–Crippen MR) is 70.3 cm³/mol. The minimum absolute atomic E-state index is 0.0392. The number of furan rings is 1. The molecule has 106 valence electrons. The van der Waals surface area contributed by atoms with Crippen molar-refractivity contribution < 1.29 is 19.1 Å². The summed E-state index contributed by atoms with van der Waals surface area (Å²) in [6, 6.07) is 1.78. The topological polar surface area (TPSA) is 71.7 Å². The fourth-order valence-electron chi connectivity index (χ4n) is 2.31. The number of hydrogen-bond acceptors (Lipinski definition) is 4. The maximum Gasteiger partial charge on any atom is 0.372 e. The number of methoxy groups -OCH3 is 1. The van der Waals surface area contributed by atoms with Crippen molar-refractivity contribution in [3.8, 4) is 0 Å². The number of carboxylic acid groups (broad SMARTS) is 1. The molecule has 1 aliphatic rings. The van der Waals surface area contributed by atoms with E-state index in [1.807, 2.05) is 0 Å². The number of carbonyl (C=O) groups is 1. The highest BCUT2D eigenvalue weighted by atomic mass is 16.5. The molecule has 2 rings (SSSR count). The van der Waals surface area contributed by atoms with Crippen LogP contribution in [0.4, 0.5) is 0 Å². The van der Waals surface area contributed by atoms with E-state index < -0.39 is 5.97 Å². The van der Waals surface area contributed by atoms with Gasteiger partial charge in [0.25, 0.3) is 0 Å². The van der Waals surface area contributed by atoms with Crippen LogP contribution in [0.1, 0.15) is 41.1 Å². The molecule has 0 radical (unpaired) electrons. The molecule has 0 spiro atoms. The number of rotatable bonds is 8. The Hall–Kier alpha value is -1.33. The van der Waals surface area contributed by atoms with Crippen molar-refractivity contribution in [1.29, 1.82) is 0 Å². The number of nitrogens with one attached hydrogen (secondary N) is 1. The second kappa shape index (κ2) is 5.75. The molecule has 2 N–H and O–H groups in total. The van der Waals surface area contributed by atoms with Crippen LogP contribution in [0.3, 0.4) is 0 Å². The van der Waals surface area contributed by atoms with E-state index in [1.165, 1.54) is 12.8 Å². The van der Waals surface area contributed by atoms with Gasteiger partial charge in [0.15, 0.2) is 0 Å². The Morgan fingerprint density at radius 2 is 2.32 bits per heavy atom. The number of ether oxygens (including phenoxy) is 1. The van der Waals surface area contributed by atoms with Crippen molar-refractivity contribution in [3.05, 3.63) is 23.2 Å². The first-order valence-electron chi connectivity index (χ1n) is 6.59. The van der Waals surface area contributed by atoms with Crippen LogP contribution >= 0.6 is 0 Å². The average Bonchev–Trinajstić information content (AvgIpc) is 3.03. The smallest absolute Gasteiger partial charge is 0.372 e. The predicted octanol–water partition coefficient (Wildman–Crippen LogP) is 2.19.